The monoisotopic (exact) mass is 573 g/mol. The van der Waals surface area contributed by atoms with Gasteiger partial charge in [0.25, 0.3) is 0 Å². The van der Waals surface area contributed by atoms with Crippen molar-refractivity contribution in [3.8, 4) is 0 Å². The summed E-state index contributed by atoms with van der Waals surface area (Å²) in [6, 6.07) is 21.0. The van der Waals surface area contributed by atoms with Gasteiger partial charge in [-0.2, -0.15) is 0 Å². The van der Waals surface area contributed by atoms with Gasteiger partial charge in [0, 0.05) is 5.02 Å². The van der Waals surface area contributed by atoms with E-state index in [1.807, 2.05) is 12.1 Å². The molecule has 3 aromatic carbocycles. The van der Waals surface area contributed by atoms with Crippen LogP contribution in [0.2, 0.25) is 5.02 Å². The second-order valence-electron chi connectivity index (χ2n) is 7.75. The van der Waals surface area contributed by atoms with Gasteiger partial charge in [-0.05, 0) is 24.3 Å². The number of carbonyl (C=O) groups is 2. The van der Waals surface area contributed by atoms with Crippen molar-refractivity contribution in [2.24, 2.45) is 0 Å². The van der Waals surface area contributed by atoms with Crippen molar-refractivity contribution in [2.75, 3.05) is 19.5 Å². The van der Waals surface area contributed by atoms with Crippen LogP contribution in [0, 0.1) is 5.41 Å². The number of alkyl halides is 2. The van der Waals surface area contributed by atoms with Crippen LogP contribution in [0.1, 0.15) is 45.5 Å². The van der Waals surface area contributed by atoms with Gasteiger partial charge in [-0.1, -0.05) is 11.6 Å². The predicted octanol–water partition coefficient (Wildman–Crippen LogP) is 6.86. The zero-order valence-electron chi connectivity index (χ0n) is 18.0. The van der Waals surface area contributed by atoms with E-state index < -0.39 is 19.8 Å². The molecule has 7 heteroatoms. The summed E-state index contributed by atoms with van der Waals surface area (Å²) in [6.45, 7) is 0. The normalized spacial score (nSPS) is 14.4. The summed E-state index contributed by atoms with van der Waals surface area (Å²) >= 11 is 4.55. The van der Waals surface area contributed by atoms with E-state index in [9.17, 15) is 9.59 Å². The molecule has 1 fully saturated rings. The molecule has 1 aliphatic heterocycles. The molecule has 0 bridgehead atoms. The molecule has 3 aromatic rings. The number of rotatable bonds is 6. The second kappa shape index (κ2) is 10.9. The fourth-order valence-electron chi connectivity index (χ4n) is 3.61. The summed E-state index contributed by atoms with van der Waals surface area (Å²) in [5.41, 5.74) is 2.84. The van der Waals surface area contributed by atoms with E-state index in [1.54, 1.807) is 60.7 Å². The Bertz CT molecular complexity index is 1160. The summed E-state index contributed by atoms with van der Waals surface area (Å²) in [5.74, 6) is -0.619. The van der Waals surface area contributed by atoms with E-state index in [2.05, 4.69) is 10.6 Å². The Morgan fingerprint density at radius 3 is 2.09 bits per heavy atom. The average Bonchev–Trinajstić information content (AvgIpc) is 2.86. The van der Waals surface area contributed by atoms with Gasteiger partial charge in [0.1, 0.15) is 0 Å². The number of anilines is 2. The molecule has 3 N–H and O–H groups in total. The molecule has 170 valence electrons. The molecule has 1 saturated heterocycles. The number of halogens is 2. The molecular formula is C26H25ClIN3O2. The fourth-order valence-corrected chi connectivity index (χ4v) is 9.52. The quantitative estimate of drug-likeness (QED) is 0.171. The van der Waals surface area contributed by atoms with E-state index in [0.717, 1.165) is 9.28 Å². The second-order valence-corrected chi connectivity index (χ2v) is 14.0. The van der Waals surface area contributed by atoms with E-state index in [0.29, 0.717) is 27.5 Å². The van der Waals surface area contributed by atoms with Gasteiger partial charge < -0.3 is 0 Å². The van der Waals surface area contributed by atoms with Crippen molar-refractivity contribution >= 4 is 58.3 Å². The minimum absolute atomic E-state index is 0.295. The molecule has 2 amide bonds. The van der Waals surface area contributed by atoms with Crippen molar-refractivity contribution in [1.82, 2.24) is 0 Å². The molecule has 0 radical (unpaired) electrons. The fraction of sp³-hybridized carbons (Fsp3) is 0.192. The molecule has 33 heavy (non-hydrogen) atoms. The molecule has 5 nitrogen and oxygen atoms in total. The zero-order valence-corrected chi connectivity index (χ0v) is 20.9. The van der Waals surface area contributed by atoms with E-state index in [-0.39, 0.29) is 11.8 Å². The molecule has 0 spiro atoms. The van der Waals surface area contributed by atoms with Crippen LogP contribution >= 0.6 is 31.4 Å². The Morgan fingerprint density at radius 2 is 1.39 bits per heavy atom. The first-order chi connectivity index (χ1) is 16.0. The summed E-state index contributed by atoms with van der Waals surface area (Å²) < 4.78 is 3.26. The molecule has 0 unspecified atom stereocenters. The molecule has 0 aromatic heterocycles. The van der Waals surface area contributed by atoms with Crippen LogP contribution in [-0.4, -0.2) is 24.4 Å². The summed E-state index contributed by atoms with van der Waals surface area (Å²) in [6.07, 6.45) is 3.79. The first-order valence-electron chi connectivity index (χ1n) is 10.8. The average molecular weight is 574 g/mol. The Balaban J connectivity index is 1.44. The van der Waals surface area contributed by atoms with Crippen molar-refractivity contribution in [3.05, 3.63) is 94.5 Å². The van der Waals surface area contributed by atoms with Gasteiger partial charge in [0.05, 0.1) is 0 Å². The first kappa shape index (κ1) is 23.4. The third kappa shape index (κ3) is 6.00. The SMILES string of the molecule is N=C(c1ccc(C(=O)Nc2ccccc2C(=O)Nc2ccc(Cl)cc2)cc1)I1CCCCC1. The molecule has 4 rings (SSSR count). The van der Waals surface area contributed by atoms with Crippen molar-refractivity contribution in [2.45, 2.75) is 19.3 Å². The van der Waals surface area contributed by atoms with Crippen LogP contribution in [-0.2, 0) is 0 Å². The van der Waals surface area contributed by atoms with E-state index in [4.69, 9.17) is 17.0 Å². The van der Waals surface area contributed by atoms with Crippen LogP contribution in [0.3, 0.4) is 0 Å². The number of para-hydroxylation sites is 1. The van der Waals surface area contributed by atoms with Gasteiger partial charge in [-0.25, -0.2) is 0 Å². The molecule has 1 aliphatic rings. The van der Waals surface area contributed by atoms with Crippen LogP contribution in [0.4, 0.5) is 11.4 Å². The van der Waals surface area contributed by atoms with Gasteiger partial charge in [-0.3, -0.25) is 0 Å². The maximum absolute atomic E-state index is 12.9. The zero-order chi connectivity index (χ0) is 23.2. The molecular weight excluding hydrogens is 549 g/mol. The number of benzene rings is 3. The number of carbonyl (C=O) groups excluding carboxylic acids is 2. The van der Waals surface area contributed by atoms with Gasteiger partial charge in [0.2, 0.25) is 0 Å². The van der Waals surface area contributed by atoms with Crippen LogP contribution in [0.25, 0.3) is 0 Å². The summed E-state index contributed by atoms with van der Waals surface area (Å²) in [7, 11) is 0. The number of hydrogen-bond donors (Lipinski definition) is 3. The number of nitrogens with one attached hydrogen (secondary N) is 3. The topological polar surface area (TPSA) is 82.1 Å². The predicted molar refractivity (Wildman–Crippen MR) is 145 cm³/mol. The summed E-state index contributed by atoms with van der Waals surface area (Å²) in [4.78, 5) is 25.7. The van der Waals surface area contributed by atoms with Crippen molar-refractivity contribution in [1.29, 1.82) is 5.41 Å². The standard InChI is InChI=1S/C26H25ClIN3O2/c27-20-12-14-21(15-13-20)30-26(33)22-6-2-3-7-23(22)31-25(32)19-10-8-18(9-11-19)24(29)28-16-4-1-5-17-28/h2-3,6-15,29H,1,4-5,16-17H2,(H,30,33)(H,31,32). The Labute approximate surface area is 205 Å². The van der Waals surface area contributed by atoms with Crippen molar-refractivity contribution in [3.63, 3.8) is 0 Å². The van der Waals surface area contributed by atoms with E-state index in [1.165, 1.54) is 28.1 Å². The Morgan fingerprint density at radius 1 is 0.758 bits per heavy atom. The van der Waals surface area contributed by atoms with Crippen molar-refractivity contribution < 1.29 is 9.59 Å². The Hall–Kier alpha value is -2.71. The molecule has 0 aliphatic carbocycles. The van der Waals surface area contributed by atoms with Crippen LogP contribution in [0.15, 0.2) is 72.8 Å². The number of hydrogen-bond acceptors (Lipinski definition) is 3. The molecule has 1 heterocycles. The van der Waals surface area contributed by atoms with Crippen LogP contribution in [0.5, 0.6) is 0 Å². The van der Waals surface area contributed by atoms with E-state index >= 15 is 0 Å². The first-order valence-corrected chi connectivity index (χ1v) is 15.3. The van der Waals surface area contributed by atoms with Crippen LogP contribution < -0.4 is 10.6 Å². The third-order valence-electron chi connectivity index (χ3n) is 5.41. The van der Waals surface area contributed by atoms with Gasteiger partial charge in [0.15, 0.2) is 0 Å². The Kier molecular flexibility index (Phi) is 7.77. The summed E-state index contributed by atoms with van der Waals surface area (Å²) in [5, 5.41) is 14.8. The number of amides is 2. The molecule has 0 saturated carbocycles. The van der Waals surface area contributed by atoms with Gasteiger partial charge in [-0.15, -0.1) is 0 Å². The third-order valence-corrected chi connectivity index (χ3v) is 11.9. The minimum atomic E-state index is -1.35. The molecule has 0 atom stereocenters. The maximum atomic E-state index is 12.9. The van der Waals surface area contributed by atoms with Gasteiger partial charge >= 0.3 is 166 Å².